The van der Waals surface area contributed by atoms with Crippen molar-refractivity contribution < 1.29 is 4.74 Å². The molecule has 1 aliphatic rings. The van der Waals surface area contributed by atoms with Crippen molar-refractivity contribution in [2.24, 2.45) is 0 Å². The number of rotatable bonds is 3. The average molecular weight is 192 g/mol. The highest BCUT2D eigenvalue weighted by atomic mass is 16.5. The van der Waals surface area contributed by atoms with Crippen LogP contribution < -0.4 is 10.1 Å². The standard InChI is InChI=1S/C11H16N2O/c1-9-3-4-10(7-12-9)14-8-11(2)5-6-13-11/h3-4,7,13H,5-6,8H2,1-2H3/t11-/m0/s1. The molecule has 0 aliphatic carbocycles. The number of nitrogens with zero attached hydrogens (tertiary/aromatic N) is 1. The number of pyridine rings is 1. The van der Waals surface area contributed by atoms with Gasteiger partial charge in [0.15, 0.2) is 0 Å². The number of ether oxygens (including phenoxy) is 1. The maximum atomic E-state index is 5.64. The second kappa shape index (κ2) is 3.58. The molecule has 0 amide bonds. The van der Waals surface area contributed by atoms with Gasteiger partial charge in [-0.15, -0.1) is 0 Å². The van der Waals surface area contributed by atoms with Crippen LogP contribution in [-0.4, -0.2) is 23.7 Å². The summed E-state index contributed by atoms with van der Waals surface area (Å²) < 4.78 is 5.64. The Morgan fingerprint density at radius 2 is 2.36 bits per heavy atom. The lowest BCUT2D eigenvalue weighted by atomic mass is 9.91. The lowest BCUT2D eigenvalue weighted by Gasteiger charge is -2.39. The third-order valence-electron chi connectivity index (χ3n) is 2.67. The first-order chi connectivity index (χ1) is 6.68. The Balaban J connectivity index is 1.88. The number of aryl methyl sites for hydroxylation is 1. The molecular formula is C11H16N2O. The summed E-state index contributed by atoms with van der Waals surface area (Å²) in [5.74, 6) is 0.852. The molecule has 0 unspecified atom stereocenters. The Morgan fingerprint density at radius 3 is 2.86 bits per heavy atom. The van der Waals surface area contributed by atoms with Gasteiger partial charge in [-0.25, -0.2) is 0 Å². The summed E-state index contributed by atoms with van der Waals surface area (Å²) in [5, 5.41) is 3.36. The molecule has 1 aromatic heterocycles. The molecule has 0 radical (unpaired) electrons. The minimum Gasteiger partial charge on any atom is -0.490 e. The third kappa shape index (κ3) is 2.04. The highest BCUT2D eigenvalue weighted by Gasteiger charge is 2.31. The van der Waals surface area contributed by atoms with Gasteiger partial charge in [-0.1, -0.05) is 0 Å². The molecule has 2 heterocycles. The molecule has 0 saturated carbocycles. The zero-order valence-electron chi connectivity index (χ0n) is 8.71. The lowest BCUT2D eigenvalue weighted by molar-refractivity contribution is 0.132. The fraction of sp³-hybridized carbons (Fsp3) is 0.545. The Kier molecular flexibility index (Phi) is 2.42. The van der Waals surface area contributed by atoms with Crippen LogP contribution in [-0.2, 0) is 0 Å². The summed E-state index contributed by atoms with van der Waals surface area (Å²) >= 11 is 0. The molecule has 1 N–H and O–H groups in total. The van der Waals surface area contributed by atoms with E-state index in [2.05, 4.69) is 17.2 Å². The average Bonchev–Trinajstić information content (AvgIpc) is 2.14. The van der Waals surface area contributed by atoms with Crippen molar-refractivity contribution in [1.29, 1.82) is 0 Å². The minimum atomic E-state index is 0.172. The predicted molar refractivity (Wildman–Crippen MR) is 55.5 cm³/mol. The molecule has 2 rings (SSSR count). The van der Waals surface area contributed by atoms with Gasteiger partial charge in [-0.05, 0) is 38.9 Å². The smallest absolute Gasteiger partial charge is 0.137 e. The molecule has 1 aliphatic heterocycles. The SMILES string of the molecule is Cc1ccc(OC[C@]2(C)CCN2)cn1. The van der Waals surface area contributed by atoms with Gasteiger partial charge in [0, 0.05) is 5.69 Å². The summed E-state index contributed by atoms with van der Waals surface area (Å²) in [6.45, 7) is 5.97. The largest absolute Gasteiger partial charge is 0.490 e. The van der Waals surface area contributed by atoms with Gasteiger partial charge < -0.3 is 10.1 Å². The third-order valence-corrected chi connectivity index (χ3v) is 2.67. The molecule has 0 aromatic carbocycles. The molecule has 1 atom stereocenters. The molecule has 1 saturated heterocycles. The van der Waals surface area contributed by atoms with E-state index >= 15 is 0 Å². The molecule has 14 heavy (non-hydrogen) atoms. The van der Waals surface area contributed by atoms with Crippen molar-refractivity contribution in [2.75, 3.05) is 13.2 Å². The lowest BCUT2D eigenvalue weighted by Crippen LogP contribution is -2.58. The Morgan fingerprint density at radius 1 is 1.57 bits per heavy atom. The minimum absolute atomic E-state index is 0.172. The number of hydrogen-bond donors (Lipinski definition) is 1. The van der Waals surface area contributed by atoms with E-state index in [9.17, 15) is 0 Å². The molecule has 0 bridgehead atoms. The summed E-state index contributed by atoms with van der Waals surface area (Å²) in [5.41, 5.74) is 1.19. The van der Waals surface area contributed by atoms with Gasteiger partial charge in [-0.2, -0.15) is 0 Å². The zero-order valence-corrected chi connectivity index (χ0v) is 8.71. The topological polar surface area (TPSA) is 34.1 Å². The molecule has 0 spiro atoms. The van der Waals surface area contributed by atoms with Crippen molar-refractivity contribution in [2.45, 2.75) is 25.8 Å². The maximum Gasteiger partial charge on any atom is 0.137 e. The fourth-order valence-electron chi connectivity index (χ4n) is 1.46. The van der Waals surface area contributed by atoms with Crippen molar-refractivity contribution in [1.82, 2.24) is 10.3 Å². The Hall–Kier alpha value is -1.09. The first-order valence-electron chi connectivity index (χ1n) is 4.98. The van der Waals surface area contributed by atoms with E-state index < -0.39 is 0 Å². The van der Waals surface area contributed by atoms with Crippen LogP contribution in [0.3, 0.4) is 0 Å². The molecule has 1 aromatic rings. The van der Waals surface area contributed by atoms with Crippen molar-refractivity contribution >= 4 is 0 Å². The normalized spacial score (nSPS) is 25.6. The van der Waals surface area contributed by atoms with E-state index in [4.69, 9.17) is 4.74 Å². The highest BCUT2D eigenvalue weighted by Crippen LogP contribution is 2.19. The van der Waals surface area contributed by atoms with Crippen LogP contribution in [0.25, 0.3) is 0 Å². The van der Waals surface area contributed by atoms with Crippen LogP contribution in [0.15, 0.2) is 18.3 Å². The first kappa shape index (κ1) is 9.46. The summed E-state index contributed by atoms with van der Waals surface area (Å²) in [4.78, 5) is 4.18. The van der Waals surface area contributed by atoms with E-state index in [1.807, 2.05) is 19.1 Å². The van der Waals surface area contributed by atoms with Gasteiger partial charge in [0.2, 0.25) is 0 Å². The number of aromatic nitrogens is 1. The van der Waals surface area contributed by atoms with E-state index in [-0.39, 0.29) is 5.54 Å². The molecular weight excluding hydrogens is 176 g/mol. The van der Waals surface area contributed by atoms with Crippen LogP contribution in [0, 0.1) is 6.92 Å². The van der Waals surface area contributed by atoms with Crippen molar-refractivity contribution in [3.63, 3.8) is 0 Å². The van der Waals surface area contributed by atoms with E-state index in [1.165, 1.54) is 6.42 Å². The Bertz CT molecular complexity index is 304. The van der Waals surface area contributed by atoms with E-state index in [1.54, 1.807) is 6.20 Å². The van der Waals surface area contributed by atoms with Crippen LogP contribution in [0.2, 0.25) is 0 Å². The Labute approximate surface area is 84.5 Å². The van der Waals surface area contributed by atoms with Crippen molar-refractivity contribution in [3.05, 3.63) is 24.0 Å². The van der Waals surface area contributed by atoms with Gasteiger partial charge in [0.1, 0.15) is 12.4 Å². The van der Waals surface area contributed by atoms with Crippen LogP contribution in [0.5, 0.6) is 5.75 Å². The summed E-state index contributed by atoms with van der Waals surface area (Å²) in [7, 11) is 0. The van der Waals surface area contributed by atoms with Gasteiger partial charge in [0.25, 0.3) is 0 Å². The van der Waals surface area contributed by atoms with E-state index in [0.717, 1.165) is 24.6 Å². The van der Waals surface area contributed by atoms with Crippen LogP contribution >= 0.6 is 0 Å². The van der Waals surface area contributed by atoms with E-state index in [0.29, 0.717) is 0 Å². The molecule has 76 valence electrons. The van der Waals surface area contributed by atoms with Gasteiger partial charge in [-0.3, -0.25) is 4.98 Å². The predicted octanol–water partition coefficient (Wildman–Crippen LogP) is 1.52. The second-order valence-corrected chi connectivity index (χ2v) is 4.16. The summed E-state index contributed by atoms with van der Waals surface area (Å²) in [6.07, 6.45) is 2.96. The number of hydrogen-bond acceptors (Lipinski definition) is 3. The van der Waals surface area contributed by atoms with Gasteiger partial charge in [0.05, 0.1) is 11.7 Å². The zero-order chi connectivity index (χ0) is 10.0. The monoisotopic (exact) mass is 192 g/mol. The highest BCUT2D eigenvalue weighted by molar-refractivity contribution is 5.19. The fourth-order valence-corrected chi connectivity index (χ4v) is 1.46. The quantitative estimate of drug-likeness (QED) is 0.788. The molecule has 3 heteroatoms. The van der Waals surface area contributed by atoms with Crippen molar-refractivity contribution in [3.8, 4) is 5.75 Å². The molecule has 3 nitrogen and oxygen atoms in total. The first-order valence-corrected chi connectivity index (χ1v) is 4.98. The molecule has 1 fully saturated rings. The summed E-state index contributed by atoms with van der Waals surface area (Å²) in [6, 6.07) is 3.93. The van der Waals surface area contributed by atoms with Gasteiger partial charge >= 0.3 is 0 Å². The maximum absolute atomic E-state index is 5.64. The van der Waals surface area contributed by atoms with Crippen LogP contribution in [0.1, 0.15) is 19.0 Å². The second-order valence-electron chi connectivity index (χ2n) is 4.16. The number of nitrogens with one attached hydrogen (secondary N) is 1. The van der Waals surface area contributed by atoms with Crippen LogP contribution in [0.4, 0.5) is 0 Å².